The van der Waals surface area contributed by atoms with Crippen molar-refractivity contribution in [3.05, 3.63) is 29.8 Å². The third kappa shape index (κ3) is 5.30. The molecular weight excluding hydrogens is 314 g/mol. The zero-order valence-electron chi connectivity index (χ0n) is 13.6. The molecule has 1 aliphatic rings. The second-order valence-electron chi connectivity index (χ2n) is 6.58. The van der Waals surface area contributed by atoms with Crippen molar-refractivity contribution >= 4 is 21.6 Å². The highest BCUT2D eigenvalue weighted by molar-refractivity contribution is 7.88. The van der Waals surface area contributed by atoms with Crippen LogP contribution in [-0.2, 0) is 21.4 Å². The number of rotatable bonds is 5. The van der Waals surface area contributed by atoms with Crippen LogP contribution < -0.4 is 15.8 Å². The molecule has 6 nitrogen and oxygen atoms in total. The molecule has 1 aliphatic carbocycles. The lowest BCUT2D eigenvalue weighted by molar-refractivity contribution is -0.122. The molecule has 0 bridgehead atoms. The van der Waals surface area contributed by atoms with Gasteiger partial charge in [-0.2, -0.15) is 0 Å². The zero-order valence-corrected chi connectivity index (χ0v) is 14.4. The summed E-state index contributed by atoms with van der Waals surface area (Å²) in [5.74, 6) is -0.223. The Labute approximate surface area is 137 Å². The van der Waals surface area contributed by atoms with Gasteiger partial charge in [-0.05, 0) is 37.5 Å². The van der Waals surface area contributed by atoms with Crippen molar-refractivity contribution < 1.29 is 13.2 Å². The lowest BCUT2D eigenvalue weighted by Crippen LogP contribution is -2.51. The molecule has 1 fully saturated rings. The Morgan fingerprint density at radius 2 is 1.96 bits per heavy atom. The Morgan fingerprint density at radius 1 is 1.30 bits per heavy atom. The van der Waals surface area contributed by atoms with Gasteiger partial charge >= 0.3 is 0 Å². The first-order chi connectivity index (χ1) is 10.7. The maximum absolute atomic E-state index is 12.4. The van der Waals surface area contributed by atoms with Crippen molar-refractivity contribution in [2.75, 3.05) is 11.6 Å². The highest BCUT2D eigenvalue weighted by Gasteiger charge is 2.37. The summed E-state index contributed by atoms with van der Waals surface area (Å²) in [7, 11) is -3.21. The van der Waals surface area contributed by atoms with E-state index in [0.29, 0.717) is 5.69 Å². The predicted molar refractivity (Wildman–Crippen MR) is 91.3 cm³/mol. The predicted octanol–water partition coefficient (Wildman–Crippen LogP) is 1.58. The SMILES string of the molecule is CC1(N)CCCCC1C(=O)Nc1ccc(CNS(C)(=O)=O)cc1. The lowest BCUT2D eigenvalue weighted by atomic mass is 9.74. The summed E-state index contributed by atoms with van der Waals surface area (Å²) < 4.78 is 24.6. The Bertz CT molecular complexity index is 654. The van der Waals surface area contributed by atoms with Gasteiger partial charge in [0.1, 0.15) is 0 Å². The van der Waals surface area contributed by atoms with E-state index in [4.69, 9.17) is 5.73 Å². The molecule has 128 valence electrons. The van der Waals surface area contributed by atoms with Crippen molar-refractivity contribution in [1.82, 2.24) is 4.72 Å². The largest absolute Gasteiger partial charge is 0.326 e. The Hall–Kier alpha value is -1.44. The quantitative estimate of drug-likeness (QED) is 0.758. The Balaban J connectivity index is 1.96. The topological polar surface area (TPSA) is 101 Å². The van der Waals surface area contributed by atoms with Crippen molar-refractivity contribution in [3.63, 3.8) is 0 Å². The van der Waals surface area contributed by atoms with E-state index in [2.05, 4.69) is 10.0 Å². The highest BCUT2D eigenvalue weighted by Crippen LogP contribution is 2.32. The monoisotopic (exact) mass is 339 g/mol. The van der Waals surface area contributed by atoms with Crippen molar-refractivity contribution in [3.8, 4) is 0 Å². The summed E-state index contributed by atoms with van der Waals surface area (Å²) in [5, 5.41) is 2.91. The number of nitrogens with one attached hydrogen (secondary N) is 2. The van der Waals surface area contributed by atoms with Crippen LogP contribution in [0.15, 0.2) is 24.3 Å². The molecule has 1 amide bonds. The molecular formula is C16H25N3O3S. The van der Waals surface area contributed by atoms with Gasteiger partial charge in [-0.1, -0.05) is 25.0 Å². The maximum atomic E-state index is 12.4. The van der Waals surface area contributed by atoms with Gasteiger partial charge in [0.25, 0.3) is 0 Å². The van der Waals surface area contributed by atoms with Gasteiger partial charge in [-0.15, -0.1) is 0 Å². The molecule has 4 N–H and O–H groups in total. The minimum atomic E-state index is -3.21. The fourth-order valence-corrected chi connectivity index (χ4v) is 3.37. The van der Waals surface area contributed by atoms with Gasteiger partial charge in [0.15, 0.2) is 0 Å². The van der Waals surface area contributed by atoms with E-state index >= 15 is 0 Å². The molecule has 2 unspecified atom stereocenters. The van der Waals surface area contributed by atoms with Crippen molar-refractivity contribution in [2.45, 2.75) is 44.7 Å². The molecule has 7 heteroatoms. The molecule has 0 saturated heterocycles. The molecule has 1 aromatic rings. The van der Waals surface area contributed by atoms with Crippen LogP contribution in [0.1, 0.15) is 38.2 Å². The van der Waals surface area contributed by atoms with Gasteiger partial charge in [0, 0.05) is 17.8 Å². The van der Waals surface area contributed by atoms with Crippen LogP contribution in [-0.4, -0.2) is 26.1 Å². The summed E-state index contributed by atoms with van der Waals surface area (Å²) in [4.78, 5) is 12.4. The first-order valence-electron chi connectivity index (χ1n) is 7.81. The number of sulfonamides is 1. The molecule has 0 aliphatic heterocycles. The zero-order chi connectivity index (χ0) is 17.1. The number of hydrogen-bond acceptors (Lipinski definition) is 4. The number of anilines is 1. The minimum Gasteiger partial charge on any atom is -0.326 e. The highest BCUT2D eigenvalue weighted by atomic mass is 32.2. The summed E-state index contributed by atoms with van der Waals surface area (Å²) in [6.07, 6.45) is 4.89. The Morgan fingerprint density at radius 3 is 2.52 bits per heavy atom. The average Bonchev–Trinajstić information content (AvgIpc) is 2.45. The summed E-state index contributed by atoms with van der Waals surface area (Å²) in [6.45, 7) is 2.17. The standard InChI is InChI=1S/C16H25N3O3S/c1-16(17)10-4-3-5-14(16)15(20)19-13-8-6-12(7-9-13)11-18-23(2,21)22/h6-9,14,18H,3-5,10-11,17H2,1-2H3,(H,19,20). The van der Waals surface area contributed by atoms with Crippen LogP contribution >= 0.6 is 0 Å². The average molecular weight is 339 g/mol. The van der Waals surface area contributed by atoms with E-state index in [1.807, 2.05) is 6.92 Å². The third-order valence-corrected chi connectivity index (χ3v) is 5.00. The van der Waals surface area contributed by atoms with Gasteiger partial charge in [-0.25, -0.2) is 13.1 Å². The number of carbonyl (C=O) groups excluding carboxylic acids is 1. The molecule has 0 aromatic heterocycles. The molecule has 2 rings (SSSR count). The number of carbonyl (C=O) groups is 1. The van der Waals surface area contributed by atoms with Crippen LogP contribution in [0.3, 0.4) is 0 Å². The summed E-state index contributed by atoms with van der Waals surface area (Å²) in [5.41, 5.74) is 7.32. The maximum Gasteiger partial charge on any atom is 0.229 e. The lowest BCUT2D eigenvalue weighted by Gasteiger charge is -2.37. The molecule has 23 heavy (non-hydrogen) atoms. The van der Waals surface area contributed by atoms with Gasteiger partial charge in [0.2, 0.25) is 15.9 Å². The molecule has 0 radical (unpaired) electrons. The van der Waals surface area contributed by atoms with Gasteiger partial charge in [-0.3, -0.25) is 4.79 Å². The molecule has 0 heterocycles. The fourth-order valence-electron chi connectivity index (χ4n) is 2.94. The number of hydrogen-bond donors (Lipinski definition) is 3. The van der Waals surface area contributed by atoms with Crippen LogP contribution in [0.4, 0.5) is 5.69 Å². The molecule has 0 spiro atoms. The normalized spacial score (nSPS) is 25.1. The molecule has 1 aromatic carbocycles. The first kappa shape index (κ1) is 17.9. The molecule has 2 atom stereocenters. The summed E-state index contributed by atoms with van der Waals surface area (Å²) >= 11 is 0. The van der Waals surface area contributed by atoms with E-state index in [-0.39, 0.29) is 18.4 Å². The number of benzene rings is 1. The van der Waals surface area contributed by atoms with Crippen molar-refractivity contribution in [1.29, 1.82) is 0 Å². The third-order valence-electron chi connectivity index (χ3n) is 4.33. The minimum absolute atomic E-state index is 0.0447. The van der Waals surface area contributed by atoms with Crippen LogP contribution in [0.25, 0.3) is 0 Å². The number of nitrogens with two attached hydrogens (primary N) is 1. The molecule has 1 saturated carbocycles. The Kier molecular flexibility index (Phi) is 5.44. The van der Waals surface area contributed by atoms with E-state index in [1.54, 1.807) is 24.3 Å². The first-order valence-corrected chi connectivity index (χ1v) is 9.70. The van der Waals surface area contributed by atoms with Crippen LogP contribution in [0, 0.1) is 5.92 Å². The number of amides is 1. The van der Waals surface area contributed by atoms with Crippen LogP contribution in [0.2, 0.25) is 0 Å². The van der Waals surface area contributed by atoms with Gasteiger partial charge in [0.05, 0.1) is 12.2 Å². The fraction of sp³-hybridized carbons (Fsp3) is 0.562. The van der Waals surface area contributed by atoms with E-state index in [1.165, 1.54) is 0 Å². The van der Waals surface area contributed by atoms with Crippen LogP contribution in [0.5, 0.6) is 0 Å². The van der Waals surface area contributed by atoms with Gasteiger partial charge < -0.3 is 11.1 Å². The van der Waals surface area contributed by atoms with E-state index in [9.17, 15) is 13.2 Å². The van der Waals surface area contributed by atoms with E-state index in [0.717, 1.165) is 37.5 Å². The second-order valence-corrected chi connectivity index (χ2v) is 8.42. The second kappa shape index (κ2) is 6.98. The van der Waals surface area contributed by atoms with Crippen molar-refractivity contribution in [2.24, 2.45) is 11.7 Å². The summed E-state index contributed by atoms with van der Waals surface area (Å²) in [6, 6.07) is 7.12. The smallest absolute Gasteiger partial charge is 0.229 e. The van der Waals surface area contributed by atoms with E-state index < -0.39 is 15.6 Å².